The Labute approximate surface area is 185 Å². The first-order chi connectivity index (χ1) is 14.4. The van der Waals surface area contributed by atoms with E-state index in [2.05, 4.69) is 0 Å². The van der Waals surface area contributed by atoms with Gasteiger partial charge in [-0.3, -0.25) is 4.79 Å². The first kappa shape index (κ1) is 20.3. The number of rotatable bonds is 5. The summed E-state index contributed by atoms with van der Waals surface area (Å²) < 4.78 is 11.5. The average Bonchev–Trinajstić information content (AvgIpc) is 3.13. The SMILES string of the molecule is CC(C)(C)OC(=O)C(CC12C3C4C5C3C1(CO)C5C42)[C@H]1CCN(C(=O)OC(C)(C)C)C1. The second kappa shape index (κ2) is 5.60. The molecule has 0 radical (unpaired) electrons. The summed E-state index contributed by atoms with van der Waals surface area (Å²) in [7, 11) is 0. The molecule has 6 atom stereocenters. The number of carbonyl (C=O) groups excluding carboxylic acids is 2. The van der Waals surface area contributed by atoms with Crippen LogP contribution in [0, 0.1) is 58.2 Å². The number of aliphatic hydroxyl groups excluding tert-OH is 1. The van der Waals surface area contributed by atoms with Crippen LogP contribution in [0.2, 0.25) is 0 Å². The number of amides is 1. The normalized spacial score (nSPS) is 48.4. The van der Waals surface area contributed by atoms with E-state index in [0.717, 1.165) is 48.3 Å². The van der Waals surface area contributed by atoms with Gasteiger partial charge in [0.25, 0.3) is 0 Å². The fraction of sp³-hybridized carbons (Fsp3) is 0.920. The van der Waals surface area contributed by atoms with E-state index >= 15 is 0 Å². The Bertz CT molecular complexity index is 833. The maximum absolute atomic E-state index is 13.4. The van der Waals surface area contributed by atoms with Crippen LogP contribution in [-0.2, 0) is 14.3 Å². The lowest BCUT2D eigenvalue weighted by molar-refractivity contribution is -0.667. The highest BCUT2D eigenvalue weighted by Gasteiger charge is 3.09. The maximum Gasteiger partial charge on any atom is 0.410 e. The van der Waals surface area contributed by atoms with Crippen LogP contribution in [0.15, 0.2) is 0 Å². The number of aliphatic hydroxyl groups is 1. The summed E-state index contributed by atoms with van der Waals surface area (Å²) >= 11 is 0. The van der Waals surface area contributed by atoms with Crippen LogP contribution >= 0.6 is 0 Å². The first-order valence-electron chi connectivity index (χ1n) is 12.2. The van der Waals surface area contributed by atoms with Crippen LogP contribution in [0.3, 0.4) is 0 Å². The predicted octanol–water partition coefficient (Wildman–Crippen LogP) is 3.32. The topological polar surface area (TPSA) is 76.1 Å². The van der Waals surface area contributed by atoms with Crippen LogP contribution in [0.25, 0.3) is 0 Å². The van der Waals surface area contributed by atoms with E-state index in [0.29, 0.717) is 13.1 Å². The van der Waals surface area contributed by atoms with Crippen molar-refractivity contribution in [3.63, 3.8) is 0 Å². The lowest BCUT2D eigenvalue weighted by Crippen LogP contribution is -3.10. The lowest BCUT2D eigenvalue weighted by atomic mass is 8.91. The van der Waals surface area contributed by atoms with Crippen molar-refractivity contribution >= 4 is 12.1 Å². The first-order valence-corrected chi connectivity index (χ1v) is 12.2. The number of esters is 1. The minimum Gasteiger partial charge on any atom is -0.460 e. The Balaban J connectivity index is 1.21. The number of likely N-dealkylation sites (tertiary alicyclic amines) is 1. The molecule has 5 unspecified atom stereocenters. The van der Waals surface area contributed by atoms with Crippen molar-refractivity contribution in [3.8, 4) is 0 Å². The van der Waals surface area contributed by atoms with Crippen molar-refractivity contribution in [1.82, 2.24) is 4.90 Å². The van der Waals surface area contributed by atoms with Crippen LogP contribution in [0.1, 0.15) is 54.4 Å². The summed E-state index contributed by atoms with van der Waals surface area (Å²) in [6.45, 7) is 12.9. The van der Waals surface area contributed by atoms with Crippen molar-refractivity contribution in [3.05, 3.63) is 0 Å². The van der Waals surface area contributed by atoms with E-state index in [4.69, 9.17) is 9.47 Å². The van der Waals surface area contributed by atoms with E-state index in [1.165, 1.54) is 0 Å². The molecule has 0 spiro atoms. The Morgan fingerprint density at radius 3 is 2.03 bits per heavy atom. The molecule has 6 aliphatic carbocycles. The third-order valence-corrected chi connectivity index (χ3v) is 10.1. The smallest absolute Gasteiger partial charge is 0.410 e. The average molecular weight is 432 g/mol. The molecular formula is C25H37NO5. The summed E-state index contributed by atoms with van der Waals surface area (Å²) in [5.74, 6) is 4.52. The zero-order valence-electron chi connectivity index (χ0n) is 19.7. The van der Waals surface area contributed by atoms with Crippen molar-refractivity contribution in [2.45, 2.75) is 65.6 Å². The number of nitrogens with zero attached hydrogens (tertiary/aromatic N) is 1. The highest BCUT2D eigenvalue weighted by Crippen LogP contribution is 3.11. The van der Waals surface area contributed by atoms with E-state index in [9.17, 15) is 14.7 Å². The third kappa shape index (κ3) is 2.10. The van der Waals surface area contributed by atoms with Gasteiger partial charge < -0.3 is 19.5 Å². The molecule has 7 fully saturated rings. The van der Waals surface area contributed by atoms with Gasteiger partial charge >= 0.3 is 12.1 Å². The molecule has 6 nitrogen and oxygen atoms in total. The quantitative estimate of drug-likeness (QED) is 0.676. The minimum atomic E-state index is -0.528. The Morgan fingerprint density at radius 2 is 1.52 bits per heavy atom. The van der Waals surface area contributed by atoms with Crippen LogP contribution in [-0.4, -0.2) is 53.0 Å². The fourth-order valence-electron chi connectivity index (χ4n) is 9.59. The fourth-order valence-corrected chi connectivity index (χ4v) is 9.59. The monoisotopic (exact) mass is 431 g/mol. The molecule has 1 heterocycles. The Hall–Kier alpha value is -1.30. The summed E-state index contributed by atoms with van der Waals surface area (Å²) in [6.07, 6.45) is 1.35. The molecule has 7 aliphatic rings. The van der Waals surface area contributed by atoms with Crippen molar-refractivity contribution in [1.29, 1.82) is 0 Å². The van der Waals surface area contributed by atoms with Gasteiger partial charge in [-0.15, -0.1) is 0 Å². The molecule has 6 saturated carbocycles. The zero-order valence-corrected chi connectivity index (χ0v) is 19.7. The molecule has 31 heavy (non-hydrogen) atoms. The van der Waals surface area contributed by atoms with Crippen LogP contribution in [0.4, 0.5) is 4.79 Å². The minimum absolute atomic E-state index is 0.0961. The van der Waals surface area contributed by atoms with Gasteiger partial charge in [-0.05, 0) is 101 Å². The second-order valence-corrected chi connectivity index (χ2v) is 13.3. The predicted molar refractivity (Wildman–Crippen MR) is 113 cm³/mol. The summed E-state index contributed by atoms with van der Waals surface area (Å²) in [5, 5.41) is 10.3. The van der Waals surface area contributed by atoms with E-state index in [-0.39, 0.29) is 41.3 Å². The zero-order chi connectivity index (χ0) is 22.3. The highest BCUT2D eigenvalue weighted by atomic mass is 16.6. The van der Waals surface area contributed by atoms with Gasteiger partial charge in [-0.25, -0.2) is 4.79 Å². The molecule has 1 saturated heterocycles. The third-order valence-electron chi connectivity index (χ3n) is 10.1. The molecular weight excluding hydrogens is 394 g/mol. The lowest BCUT2D eigenvalue weighted by Gasteiger charge is -3.12. The molecule has 0 bridgehead atoms. The van der Waals surface area contributed by atoms with E-state index in [1.54, 1.807) is 4.90 Å². The van der Waals surface area contributed by atoms with Crippen molar-refractivity contribution in [2.75, 3.05) is 19.7 Å². The second-order valence-electron chi connectivity index (χ2n) is 13.3. The van der Waals surface area contributed by atoms with Gasteiger partial charge in [0.05, 0.1) is 5.92 Å². The number of hydrogen-bond donors (Lipinski definition) is 1. The van der Waals surface area contributed by atoms with Gasteiger partial charge in [0, 0.05) is 25.1 Å². The van der Waals surface area contributed by atoms with E-state index in [1.807, 2.05) is 41.5 Å². The molecule has 0 aromatic carbocycles. The molecule has 7 rings (SSSR count). The van der Waals surface area contributed by atoms with Gasteiger partial charge in [-0.1, -0.05) is 0 Å². The maximum atomic E-state index is 13.4. The number of carbonyl (C=O) groups is 2. The summed E-state index contributed by atoms with van der Waals surface area (Å²) in [4.78, 5) is 27.8. The van der Waals surface area contributed by atoms with Gasteiger partial charge in [0.15, 0.2) is 0 Å². The molecule has 1 aliphatic heterocycles. The molecule has 1 amide bonds. The molecule has 0 aromatic rings. The Morgan fingerprint density at radius 1 is 0.968 bits per heavy atom. The van der Waals surface area contributed by atoms with Gasteiger partial charge in [0.2, 0.25) is 0 Å². The summed E-state index contributed by atoms with van der Waals surface area (Å²) in [6, 6.07) is 0. The largest absolute Gasteiger partial charge is 0.460 e. The van der Waals surface area contributed by atoms with Crippen molar-refractivity contribution in [2.24, 2.45) is 58.2 Å². The molecule has 1 N–H and O–H groups in total. The number of ether oxygens (including phenoxy) is 2. The Kier molecular flexibility index (Phi) is 3.67. The van der Waals surface area contributed by atoms with Gasteiger partial charge in [-0.2, -0.15) is 0 Å². The molecule has 172 valence electrons. The van der Waals surface area contributed by atoms with E-state index < -0.39 is 11.2 Å². The van der Waals surface area contributed by atoms with Gasteiger partial charge in [0.1, 0.15) is 11.2 Å². The highest BCUT2D eigenvalue weighted by molar-refractivity contribution is 5.75. The molecule has 6 heteroatoms. The number of hydrogen-bond acceptors (Lipinski definition) is 5. The standard InChI is InChI=1S/C25H37NO5/c1-22(2,3)30-20(28)13(12-7-8-26(10-12)21(29)31-23(4,5)6)9-24-16-14-15-18(16)25(24,11-27)19(15)17(14)24/h12-19,27H,7-11H2,1-6H3/t12-,13?,14?,15?,16?,17?,18?,19?,24?,25?/m0/s1. The van der Waals surface area contributed by atoms with Crippen molar-refractivity contribution < 1.29 is 24.2 Å². The van der Waals surface area contributed by atoms with Crippen LogP contribution < -0.4 is 0 Å². The molecule has 0 aromatic heterocycles. The summed E-state index contributed by atoms with van der Waals surface area (Å²) in [5.41, 5.74) is -0.759. The van der Waals surface area contributed by atoms with Crippen LogP contribution in [0.5, 0.6) is 0 Å².